The first-order valence-corrected chi connectivity index (χ1v) is 4.33. The third-order valence-corrected chi connectivity index (χ3v) is 2.17. The lowest BCUT2D eigenvalue weighted by Crippen LogP contribution is -2.64. The van der Waals surface area contributed by atoms with Gasteiger partial charge in [0, 0.05) is 0 Å². The second-order valence-electron chi connectivity index (χ2n) is 2.92. The molecule has 98 valence electrons. The summed E-state index contributed by atoms with van der Waals surface area (Å²) in [6, 6.07) is 0. The van der Waals surface area contributed by atoms with E-state index in [0.29, 0.717) is 0 Å². The second-order valence-corrected chi connectivity index (χ2v) is 3.24. The molecule has 0 unspecified atom stereocenters. The Balaban J connectivity index is 5.46. The van der Waals surface area contributed by atoms with E-state index in [4.69, 9.17) is 0 Å². The van der Waals surface area contributed by atoms with Gasteiger partial charge >= 0.3 is 23.7 Å². The Morgan fingerprint density at radius 3 is 1.31 bits per heavy atom. The summed E-state index contributed by atoms with van der Waals surface area (Å²) in [7, 11) is 0. The van der Waals surface area contributed by atoms with Crippen LogP contribution >= 0.6 is 12.6 Å². The minimum absolute atomic E-state index is 2.00. The van der Waals surface area contributed by atoms with Crippen LogP contribution in [-0.4, -0.2) is 36.0 Å². The first kappa shape index (κ1) is 15.8. The van der Waals surface area contributed by atoms with Crippen LogP contribution in [0.5, 0.6) is 0 Å². The maximum atomic E-state index is 12.6. The molecule has 0 aliphatic heterocycles. The summed E-state index contributed by atoms with van der Waals surface area (Å²) in [6.07, 6.45) is 0. The van der Waals surface area contributed by atoms with Crippen molar-refractivity contribution in [2.24, 2.45) is 5.73 Å². The maximum Gasteiger partial charge on any atom is 0.379 e. The van der Waals surface area contributed by atoms with Crippen molar-refractivity contribution in [3.63, 3.8) is 0 Å². The largest absolute Gasteiger partial charge is 0.379 e. The van der Waals surface area contributed by atoms with Gasteiger partial charge in [-0.25, -0.2) is 0 Å². The molecule has 0 saturated carbocycles. The van der Waals surface area contributed by atoms with Crippen molar-refractivity contribution in [2.75, 3.05) is 12.3 Å². The number of hydrogen-bond donors (Lipinski definition) is 2. The van der Waals surface area contributed by atoms with Crippen molar-refractivity contribution in [2.45, 2.75) is 23.7 Å². The van der Waals surface area contributed by atoms with Crippen molar-refractivity contribution >= 4 is 12.6 Å². The first-order chi connectivity index (χ1) is 6.87. The molecule has 0 atom stereocenters. The Morgan fingerprint density at radius 1 is 0.750 bits per heavy atom. The Labute approximate surface area is 90.4 Å². The fourth-order valence-electron chi connectivity index (χ4n) is 0.687. The summed E-state index contributed by atoms with van der Waals surface area (Å²) in [5.74, 6) is -25.3. The molecule has 0 aliphatic rings. The third kappa shape index (κ3) is 2.08. The normalized spacial score (nSPS) is 15.4. The summed E-state index contributed by atoms with van der Waals surface area (Å²) in [5.41, 5.74) is 4.15. The number of alkyl halides is 8. The van der Waals surface area contributed by atoms with Crippen molar-refractivity contribution in [3.8, 4) is 0 Å². The predicted octanol–water partition coefficient (Wildman–Crippen LogP) is 2.42. The predicted molar refractivity (Wildman–Crippen MR) is 42.7 cm³/mol. The van der Waals surface area contributed by atoms with E-state index < -0.39 is 36.0 Å². The molecule has 0 aromatic rings. The highest BCUT2D eigenvalue weighted by atomic mass is 32.1. The quantitative estimate of drug-likeness (QED) is 0.586. The average molecular weight is 277 g/mol. The fraction of sp³-hybridized carbons (Fsp3) is 1.00. The molecule has 0 spiro atoms. The number of thiol groups is 1. The van der Waals surface area contributed by atoms with E-state index in [0.717, 1.165) is 0 Å². The summed E-state index contributed by atoms with van der Waals surface area (Å²) >= 11 is 2.71. The molecule has 1 nitrogen and oxygen atoms in total. The highest BCUT2D eigenvalue weighted by molar-refractivity contribution is 7.80. The zero-order chi connectivity index (χ0) is 13.4. The monoisotopic (exact) mass is 277 g/mol. The van der Waals surface area contributed by atoms with Gasteiger partial charge in [-0.05, 0) is 0 Å². The van der Waals surface area contributed by atoms with Crippen LogP contribution in [0.3, 0.4) is 0 Å². The molecule has 0 heterocycles. The van der Waals surface area contributed by atoms with E-state index in [9.17, 15) is 35.1 Å². The molecule has 0 saturated heterocycles. The van der Waals surface area contributed by atoms with Crippen LogP contribution in [-0.2, 0) is 0 Å². The number of halogens is 8. The smallest absolute Gasteiger partial charge is 0.325 e. The second kappa shape index (κ2) is 4.21. The first-order valence-electron chi connectivity index (χ1n) is 3.69. The van der Waals surface area contributed by atoms with E-state index in [-0.39, 0.29) is 0 Å². The molecule has 0 radical (unpaired) electrons. The summed E-state index contributed by atoms with van der Waals surface area (Å²) in [5, 5.41) is 0. The Hall–Kier alpha value is -0.250. The van der Waals surface area contributed by atoms with Gasteiger partial charge in [-0.3, -0.25) is 0 Å². The molecular weight excluding hydrogens is 270 g/mol. The lowest BCUT2D eigenvalue weighted by Gasteiger charge is -2.35. The molecule has 0 aliphatic carbocycles. The van der Waals surface area contributed by atoms with Gasteiger partial charge in [-0.2, -0.15) is 47.8 Å². The van der Waals surface area contributed by atoms with Crippen molar-refractivity contribution in [1.29, 1.82) is 0 Å². The van der Waals surface area contributed by atoms with Crippen LogP contribution in [0.15, 0.2) is 0 Å². The van der Waals surface area contributed by atoms with Crippen LogP contribution in [0.1, 0.15) is 0 Å². The van der Waals surface area contributed by atoms with Gasteiger partial charge in [-0.15, -0.1) is 0 Å². The topological polar surface area (TPSA) is 26.0 Å². The van der Waals surface area contributed by atoms with E-state index in [2.05, 4.69) is 18.4 Å². The molecule has 10 heteroatoms. The molecule has 16 heavy (non-hydrogen) atoms. The zero-order valence-electron chi connectivity index (χ0n) is 7.46. The van der Waals surface area contributed by atoms with Gasteiger partial charge in [0.1, 0.15) is 0 Å². The van der Waals surface area contributed by atoms with E-state index in [1.54, 1.807) is 0 Å². The molecule has 0 rings (SSSR count). The van der Waals surface area contributed by atoms with E-state index in [1.165, 1.54) is 0 Å². The number of hydrogen-bond acceptors (Lipinski definition) is 2. The van der Waals surface area contributed by atoms with Gasteiger partial charge in [0.2, 0.25) is 0 Å². The average Bonchev–Trinajstić information content (AvgIpc) is 2.16. The zero-order valence-corrected chi connectivity index (χ0v) is 8.36. The molecule has 0 bridgehead atoms. The Bertz CT molecular complexity index is 227. The molecule has 2 N–H and O–H groups in total. The molecule has 0 fully saturated rings. The molecule has 0 aromatic heterocycles. The van der Waals surface area contributed by atoms with Crippen LogP contribution in [0, 0.1) is 0 Å². The minimum Gasteiger partial charge on any atom is -0.325 e. The highest BCUT2D eigenvalue weighted by Crippen LogP contribution is 2.52. The lowest BCUT2D eigenvalue weighted by atomic mass is 9.99. The van der Waals surface area contributed by atoms with Gasteiger partial charge in [0.05, 0.1) is 12.3 Å². The minimum atomic E-state index is -6.26. The Morgan fingerprint density at radius 2 is 1.06 bits per heavy atom. The third-order valence-electron chi connectivity index (χ3n) is 1.77. The molecule has 0 amide bonds. The van der Waals surface area contributed by atoms with Gasteiger partial charge in [0.25, 0.3) is 0 Å². The molecule has 0 aromatic carbocycles. The molecular formula is C6H7F8NS. The lowest BCUT2D eigenvalue weighted by molar-refractivity contribution is -0.358. The van der Waals surface area contributed by atoms with Gasteiger partial charge in [0.15, 0.2) is 0 Å². The number of rotatable bonds is 5. The fourth-order valence-corrected chi connectivity index (χ4v) is 0.885. The van der Waals surface area contributed by atoms with Crippen LogP contribution < -0.4 is 5.73 Å². The van der Waals surface area contributed by atoms with E-state index in [1.807, 2.05) is 0 Å². The maximum absolute atomic E-state index is 12.6. The SMILES string of the molecule is NCC(F)(F)C(F)(F)C(F)(F)C(F)(F)CS. The van der Waals surface area contributed by atoms with Gasteiger partial charge in [-0.1, -0.05) is 0 Å². The summed E-state index contributed by atoms with van der Waals surface area (Å²) in [6.45, 7) is -2.18. The Kier molecular flexibility index (Phi) is 4.14. The highest BCUT2D eigenvalue weighted by Gasteiger charge is 2.79. The van der Waals surface area contributed by atoms with E-state index >= 15 is 0 Å². The summed E-state index contributed by atoms with van der Waals surface area (Å²) < 4.78 is 99.9. The van der Waals surface area contributed by atoms with Crippen LogP contribution in [0.25, 0.3) is 0 Å². The van der Waals surface area contributed by atoms with Gasteiger partial charge < -0.3 is 5.73 Å². The van der Waals surface area contributed by atoms with Crippen molar-refractivity contribution in [1.82, 2.24) is 0 Å². The standard InChI is InChI=1S/C6H7F8NS/c7-3(8,1-15)5(11,12)6(13,14)4(9,10)2-16/h16H,1-2,15H2. The van der Waals surface area contributed by atoms with Crippen LogP contribution in [0.4, 0.5) is 35.1 Å². The number of nitrogens with two attached hydrogens (primary N) is 1. The van der Waals surface area contributed by atoms with Crippen molar-refractivity contribution in [3.05, 3.63) is 0 Å². The van der Waals surface area contributed by atoms with Crippen molar-refractivity contribution < 1.29 is 35.1 Å². The van der Waals surface area contributed by atoms with Crippen LogP contribution in [0.2, 0.25) is 0 Å². The summed E-state index contributed by atoms with van der Waals surface area (Å²) in [4.78, 5) is 0.